The zero-order valence-electron chi connectivity index (χ0n) is 13.1. The standard InChI is InChI=1S/C18H32N2/c1-3-7-16(8-4-1)11-13-20-14-12-19-18(15-20)17-9-5-2-6-10-17/h7,17-19H,1-6,8-15H2. The van der Waals surface area contributed by atoms with Gasteiger partial charge < -0.3 is 10.2 Å². The summed E-state index contributed by atoms with van der Waals surface area (Å²) in [6, 6.07) is 0.782. The van der Waals surface area contributed by atoms with Crippen LogP contribution in [-0.2, 0) is 0 Å². The first-order chi connectivity index (χ1) is 9.92. The van der Waals surface area contributed by atoms with E-state index in [2.05, 4.69) is 16.3 Å². The first-order valence-electron chi connectivity index (χ1n) is 9.05. The highest BCUT2D eigenvalue weighted by atomic mass is 15.2. The topological polar surface area (TPSA) is 15.3 Å². The van der Waals surface area contributed by atoms with Crippen LogP contribution >= 0.6 is 0 Å². The minimum absolute atomic E-state index is 0.782. The monoisotopic (exact) mass is 276 g/mol. The van der Waals surface area contributed by atoms with Crippen LogP contribution in [0.4, 0.5) is 0 Å². The molecule has 1 saturated heterocycles. The minimum Gasteiger partial charge on any atom is -0.311 e. The van der Waals surface area contributed by atoms with Gasteiger partial charge in [-0.05, 0) is 50.9 Å². The highest BCUT2D eigenvalue weighted by Crippen LogP contribution is 2.28. The molecule has 1 heterocycles. The summed E-state index contributed by atoms with van der Waals surface area (Å²) < 4.78 is 0. The van der Waals surface area contributed by atoms with Gasteiger partial charge in [0.05, 0.1) is 0 Å². The molecule has 1 aliphatic heterocycles. The van der Waals surface area contributed by atoms with Crippen molar-refractivity contribution in [3.8, 4) is 0 Å². The maximum Gasteiger partial charge on any atom is 0.0223 e. The SMILES string of the molecule is C1=C(CCN2CCNC(C3CCCCC3)C2)CCCC1. The molecule has 0 spiro atoms. The van der Waals surface area contributed by atoms with Gasteiger partial charge >= 0.3 is 0 Å². The number of hydrogen-bond acceptors (Lipinski definition) is 2. The highest BCUT2D eigenvalue weighted by molar-refractivity contribution is 5.05. The zero-order valence-corrected chi connectivity index (χ0v) is 13.1. The van der Waals surface area contributed by atoms with Gasteiger partial charge in [-0.25, -0.2) is 0 Å². The van der Waals surface area contributed by atoms with Crippen LogP contribution in [0.1, 0.15) is 64.2 Å². The Hall–Kier alpha value is -0.340. The Labute approximate surface area is 125 Å². The van der Waals surface area contributed by atoms with E-state index in [1.807, 2.05) is 0 Å². The van der Waals surface area contributed by atoms with Crippen molar-refractivity contribution in [2.75, 3.05) is 26.2 Å². The van der Waals surface area contributed by atoms with Crippen molar-refractivity contribution in [1.82, 2.24) is 10.2 Å². The molecule has 2 fully saturated rings. The Morgan fingerprint density at radius 1 is 1.10 bits per heavy atom. The van der Waals surface area contributed by atoms with Crippen LogP contribution in [0.25, 0.3) is 0 Å². The van der Waals surface area contributed by atoms with Gasteiger partial charge in [0.2, 0.25) is 0 Å². The Balaban J connectivity index is 1.44. The van der Waals surface area contributed by atoms with Gasteiger partial charge in [0.15, 0.2) is 0 Å². The maximum atomic E-state index is 3.80. The van der Waals surface area contributed by atoms with Crippen LogP contribution in [0.15, 0.2) is 11.6 Å². The van der Waals surface area contributed by atoms with Crippen molar-refractivity contribution in [3.05, 3.63) is 11.6 Å². The fraction of sp³-hybridized carbons (Fsp3) is 0.889. The number of hydrogen-bond donors (Lipinski definition) is 1. The summed E-state index contributed by atoms with van der Waals surface area (Å²) in [6.45, 7) is 5.07. The molecule has 0 bridgehead atoms. The van der Waals surface area contributed by atoms with Crippen LogP contribution in [0.3, 0.4) is 0 Å². The molecule has 2 heteroatoms. The van der Waals surface area contributed by atoms with Gasteiger partial charge in [-0.2, -0.15) is 0 Å². The van der Waals surface area contributed by atoms with Crippen LogP contribution in [0.2, 0.25) is 0 Å². The van der Waals surface area contributed by atoms with E-state index in [-0.39, 0.29) is 0 Å². The molecule has 0 aromatic carbocycles. The van der Waals surface area contributed by atoms with Crippen molar-refractivity contribution >= 4 is 0 Å². The van der Waals surface area contributed by atoms with Crippen molar-refractivity contribution in [1.29, 1.82) is 0 Å². The van der Waals surface area contributed by atoms with Crippen molar-refractivity contribution in [2.24, 2.45) is 5.92 Å². The van der Waals surface area contributed by atoms with Crippen molar-refractivity contribution < 1.29 is 0 Å². The van der Waals surface area contributed by atoms with E-state index < -0.39 is 0 Å². The molecule has 0 aromatic rings. The van der Waals surface area contributed by atoms with Gasteiger partial charge in [0.1, 0.15) is 0 Å². The normalized spacial score (nSPS) is 30.2. The number of allylic oxidation sites excluding steroid dienone is 1. The Kier molecular flexibility index (Phi) is 5.55. The van der Waals surface area contributed by atoms with E-state index in [1.165, 1.54) is 90.4 Å². The Morgan fingerprint density at radius 2 is 2.00 bits per heavy atom. The predicted molar refractivity (Wildman–Crippen MR) is 86.0 cm³/mol. The molecular weight excluding hydrogens is 244 g/mol. The number of rotatable bonds is 4. The quantitative estimate of drug-likeness (QED) is 0.787. The average Bonchev–Trinajstić information content (AvgIpc) is 2.55. The summed E-state index contributed by atoms with van der Waals surface area (Å²) in [6.07, 6.45) is 16.8. The molecule has 2 aliphatic carbocycles. The molecule has 2 nitrogen and oxygen atoms in total. The van der Waals surface area contributed by atoms with Crippen molar-refractivity contribution in [3.63, 3.8) is 0 Å². The second-order valence-electron chi connectivity index (χ2n) is 7.12. The average molecular weight is 276 g/mol. The van der Waals surface area contributed by atoms with E-state index >= 15 is 0 Å². The molecule has 1 N–H and O–H groups in total. The van der Waals surface area contributed by atoms with E-state index in [1.54, 1.807) is 5.57 Å². The smallest absolute Gasteiger partial charge is 0.0223 e. The lowest BCUT2D eigenvalue weighted by atomic mass is 9.83. The first kappa shape index (κ1) is 14.6. The van der Waals surface area contributed by atoms with Gasteiger partial charge in [-0.1, -0.05) is 30.9 Å². The fourth-order valence-corrected chi connectivity index (χ4v) is 4.33. The van der Waals surface area contributed by atoms with E-state index in [4.69, 9.17) is 0 Å². The van der Waals surface area contributed by atoms with Crippen LogP contribution < -0.4 is 5.32 Å². The van der Waals surface area contributed by atoms with Gasteiger partial charge in [-0.3, -0.25) is 0 Å². The Bertz CT molecular complexity index is 317. The van der Waals surface area contributed by atoms with E-state index in [0.29, 0.717) is 0 Å². The minimum atomic E-state index is 0.782. The largest absolute Gasteiger partial charge is 0.311 e. The molecule has 3 aliphatic rings. The summed E-state index contributed by atoms with van der Waals surface area (Å²) >= 11 is 0. The molecule has 114 valence electrons. The number of nitrogens with one attached hydrogen (secondary N) is 1. The van der Waals surface area contributed by atoms with Crippen LogP contribution in [0, 0.1) is 5.92 Å². The molecule has 1 atom stereocenters. The Morgan fingerprint density at radius 3 is 2.80 bits per heavy atom. The van der Waals surface area contributed by atoms with Crippen molar-refractivity contribution in [2.45, 2.75) is 70.3 Å². The third kappa shape index (κ3) is 4.08. The highest BCUT2D eigenvalue weighted by Gasteiger charge is 2.27. The van der Waals surface area contributed by atoms with E-state index in [0.717, 1.165) is 12.0 Å². The third-order valence-corrected chi connectivity index (χ3v) is 5.64. The molecule has 0 amide bonds. The molecule has 1 saturated carbocycles. The van der Waals surface area contributed by atoms with Gasteiger partial charge in [-0.15, -0.1) is 0 Å². The third-order valence-electron chi connectivity index (χ3n) is 5.64. The molecular formula is C18H32N2. The summed E-state index contributed by atoms with van der Waals surface area (Å²) in [7, 11) is 0. The maximum absolute atomic E-state index is 3.80. The van der Waals surface area contributed by atoms with Gasteiger partial charge in [0.25, 0.3) is 0 Å². The lowest BCUT2D eigenvalue weighted by Crippen LogP contribution is -2.54. The molecule has 1 unspecified atom stereocenters. The summed E-state index contributed by atoms with van der Waals surface area (Å²) in [5.74, 6) is 0.959. The zero-order chi connectivity index (χ0) is 13.6. The second-order valence-corrected chi connectivity index (χ2v) is 7.12. The lowest BCUT2D eigenvalue weighted by molar-refractivity contribution is 0.147. The lowest BCUT2D eigenvalue weighted by Gasteiger charge is -2.39. The molecule has 3 rings (SSSR count). The molecule has 0 aromatic heterocycles. The summed E-state index contributed by atoms with van der Waals surface area (Å²) in [5.41, 5.74) is 1.74. The van der Waals surface area contributed by atoms with Crippen LogP contribution in [0.5, 0.6) is 0 Å². The van der Waals surface area contributed by atoms with Crippen LogP contribution in [-0.4, -0.2) is 37.1 Å². The first-order valence-corrected chi connectivity index (χ1v) is 9.05. The molecule has 0 radical (unpaired) electrons. The summed E-state index contributed by atoms with van der Waals surface area (Å²) in [5, 5.41) is 3.80. The fourth-order valence-electron chi connectivity index (χ4n) is 4.33. The molecule has 20 heavy (non-hydrogen) atoms. The van der Waals surface area contributed by atoms with Gasteiger partial charge in [0, 0.05) is 32.2 Å². The number of piperazine rings is 1. The second kappa shape index (κ2) is 7.61. The summed E-state index contributed by atoms with van der Waals surface area (Å²) in [4.78, 5) is 2.73. The van der Waals surface area contributed by atoms with E-state index in [9.17, 15) is 0 Å². The number of nitrogens with zero attached hydrogens (tertiary/aromatic N) is 1. The predicted octanol–water partition coefficient (Wildman–Crippen LogP) is 3.73.